The van der Waals surface area contributed by atoms with Crippen molar-refractivity contribution >= 4 is 45.8 Å². The molecule has 0 bridgehead atoms. The number of carbonyl (C=O) groups excluding carboxylic acids is 1. The van der Waals surface area contributed by atoms with Crippen LogP contribution in [0.5, 0.6) is 11.6 Å². The minimum absolute atomic E-state index is 0.0586. The predicted octanol–water partition coefficient (Wildman–Crippen LogP) is 5.67. The lowest BCUT2D eigenvalue weighted by atomic mass is 10.2. The van der Waals surface area contributed by atoms with Crippen molar-refractivity contribution in [3.05, 3.63) is 91.7 Å². The molecule has 0 aliphatic rings. The van der Waals surface area contributed by atoms with Crippen LogP contribution in [0.15, 0.2) is 54.6 Å². The molecule has 33 heavy (non-hydrogen) atoms. The first-order valence-corrected chi connectivity index (χ1v) is 10.2. The molecule has 168 valence electrons. The Labute approximate surface area is 196 Å². The molecule has 0 saturated heterocycles. The van der Waals surface area contributed by atoms with E-state index in [2.05, 4.69) is 5.10 Å². The Morgan fingerprint density at radius 3 is 2.67 bits per heavy atom. The number of nitro groups is 1. The number of ether oxygens (including phenoxy) is 2. The number of rotatable bonds is 6. The van der Waals surface area contributed by atoms with Gasteiger partial charge in [-0.05, 0) is 35.9 Å². The third-order valence-corrected chi connectivity index (χ3v) is 5.40. The van der Waals surface area contributed by atoms with E-state index in [-0.39, 0.29) is 33.7 Å². The van der Waals surface area contributed by atoms with Crippen LogP contribution in [0.25, 0.3) is 10.9 Å². The van der Waals surface area contributed by atoms with Gasteiger partial charge in [0.05, 0.1) is 45.1 Å². The third-order valence-electron chi connectivity index (χ3n) is 4.80. The van der Waals surface area contributed by atoms with Crippen molar-refractivity contribution < 1.29 is 23.6 Å². The van der Waals surface area contributed by atoms with E-state index in [4.69, 9.17) is 32.7 Å². The van der Waals surface area contributed by atoms with E-state index in [9.17, 15) is 19.3 Å². The van der Waals surface area contributed by atoms with Crippen LogP contribution in [-0.2, 0) is 6.54 Å². The molecule has 0 fully saturated rings. The molecule has 0 saturated carbocycles. The molecule has 8 nitrogen and oxygen atoms in total. The number of nitrogens with zero attached hydrogens (tertiary/aromatic N) is 3. The predicted molar refractivity (Wildman–Crippen MR) is 120 cm³/mol. The Balaban J connectivity index is 1.74. The average molecular weight is 490 g/mol. The summed E-state index contributed by atoms with van der Waals surface area (Å²) in [5.41, 5.74) is 0.920. The van der Waals surface area contributed by atoms with E-state index in [0.717, 1.165) is 12.1 Å². The first-order chi connectivity index (χ1) is 15.8. The van der Waals surface area contributed by atoms with E-state index in [1.807, 2.05) is 0 Å². The molecule has 1 heterocycles. The normalized spacial score (nSPS) is 10.9. The van der Waals surface area contributed by atoms with Crippen molar-refractivity contribution in [1.82, 2.24) is 9.78 Å². The smallest absolute Gasteiger partial charge is 0.346 e. The van der Waals surface area contributed by atoms with Gasteiger partial charge in [0.15, 0.2) is 0 Å². The summed E-state index contributed by atoms with van der Waals surface area (Å²) in [5.74, 6) is -1.33. The van der Waals surface area contributed by atoms with Gasteiger partial charge in [-0.1, -0.05) is 35.3 Å². The Kier molecular flexibility index (Phi) is 6.17. The lowest BCUT2D eigenvalue weighted by molar-refractivity contribution is -0.384. The monoisotopic (exact) mass is 489 g/mol. The Morgan fingerprint density at radius 2 is 1.94 bits per heavy atom. The van der Waals surface area contributed by atoms with Gasteiger partial charge in [0, 0.05) is 12.1 Å². The summed E-state index contributed by atoms with van der Waals surface area (Å²) < 4.78 is 26.1. The van der Waals surface area contributed by atoms with Gasteiger partial charge in [-0.25, -0.2) is 9.18 Å². The van der Waals surface area contributed by atoms with Crippen molar-refractivity contribution in [2.45, 2.75) is 6.54 Å². The van der Waals surface area contributed by atoms with Crippen LogP contribution < -0.4 is 9.47 Å². The van der Waals surface area contributed by atoms with Gasteiger partial charge in [-0.2, -0.15) is 0 Å². The second-order valence-electron chi connectivity index (χ2n) is 6.91. The van der Waals surface area contributed by atoms with Crippen LogP contribution in [-0.4, -0.2) is 27.8 Å². The maximum Gasteiger partial charge on any atom is 0.346 e. The fourth-order valence-electron chi connectivity index (χ4n) is 3.21. The number of benzene rings is 3. The number of carbonyl (C=O) groups is 1. The lowest BCUT2D eigenvalue weighted by Gasteiger charge is -2.05. The minimum Gasteiger partial charge on any atom is -0.497 e. The summed E-state index contributed by atoms with van der Waals surface area (Å²) in [6.45, 7) is 0.165. The Hall–Kier alpha value is -3.69. The molecule has 0 radical (unpaired) electrons. The molecule has 0 aliphatic carbocycles. The van der Waals surface area contributed by atoms with Gasteiger partial charge >= 0.3 is 5.97 Å². The van der Waals surface area contributed by atoms with Crippen molar-refractivity contribution in [2.24, 2.45) is 0 Å². The molecule has 0 spiro atoms. The largest absolute Gasteiger partial charge is 0.497 e. The zero-order chi connectivity index (χ0) is 23.7. The first kappa shape index (κ1) is 22.5. The summed E-state index contributed by atoms with van der Waals surface area (Å²) in [6.07, 6.45) is 0. The van der Waals surface area contributed by atoms with Gasteiger partial charge in [0.2, 0.25) is 5.88 Å². The van der Waals surface area contributed by atoms with Gasteiger partial charge in [0.1, 0.15) is 11.6 Å². The number of hydrogen-bond donors (Lipinski definition) is 0. The minimum atomic E-state index is -0.930. The van der Waals surface area contributed by atoms with Crippen LogP contribution in [0, 0.1) is 15.9 Å². The van der Waals surface area contributed by atoms with Crippen LogP contribution in [0.1, 0.15) is 15.9 Å². The summed E-state index contributed by atoms with van der Waals surface area (Å²) in [6, 6.07) is 13.1. The Bertz CT molecular complexity index is 1410. The number of esters is 1. The number of methoxy groups -OCH3 is 1. The second kappa shape index (κ2) is 9.05. The highest BCUT2D eigenvalue weighted by Gasteiger charge is 2.21. The van der Waals surface area contributed by atoms with E-state index < -0.39 is 16.7 Å². The maximum atomic E-state index is 13.9. The summed E-state index contributed by atoms with van der Waals surface area (Å²) in [5, 5.41) is 15.6. The highest BCUT2D eigenvalue weighted by molar-refractivity contribution is 6.36. The summed E-state index contributed by atoms with van der Waals surface area (Å²) in [4.78, 5) is 23.3. The highest BCUT2D eigenvalue weighted by atomic mass is 35.5. The van der Waals surface area contributed by atoms with E-state index in [1.54, 1.807) is 30.3 Å². The fourth-order valence-corrected chi connectivity index (χ4v) is 3.68. The average Bonchev–Trinajstić information content (AvgIpc) is 3.12. The highest BCUT2D eigenvalue weighted by Crippen LogP contribution is 2.31. The molecule has 3 aromatic carbocycles. The van der Waals surface area contributed by atoms with Gasteiger partial charge in [-0.15, -0.1) is 5.10 Å². The second-order valence-corrected chi connectivity index (χ2v) is 7.72. The van der Waals surface area contributed by atoms with Crippen molar-refractivity contribution in [2.75, 3.05) is 7.11 Å². The third kappa shape index (κ3) is 4.59. The SMILES string of the molecule is COc1ccc2c(c1)c(OC(=O)c1cc(F)c(Cl)cc1Cl)nn2Cc1cccc([N+](=O)[O-])c1. The van der Waals surface area contributed by atoms with E-state index >= 15 is 0 Å². The van der Waals surface area contributed by atoms with Crippen molar-refractivity contribution in [1.29, 1.82) is 0 Å². The molecule has 0 unspecified atom stereocenters. The maximum absolute atomic E-state index is 13.9. The fraction of sp³-hybridized carbons (Fsp3) is 0.0909. The van der Waals surface area contributed by atoms with Gasteiger partial charge < -0.3 is 9.47 Å². The quantitative estimate of drug-likeness (QED) is 0.150. The number of aromatic nitrogens is 2. The number of non-ortho nitro benzene ring substituents is 1. The molecule has 0 aliphatic heterocycles. The Morgan fingerprint density at radius 1 is 1.15 bits per heavy atom. The molecule has 1 aromatic heterocycles. The van der Waals surface area contributed by atoms with Crippen molar-refractivity contribution in [3.8, 4) is 11.6 Å². The molecule has 4 rings (SSSR count). The number of fused-ring (bicyclic) bond motifs is 1. The lowest BCUT2D eigenvalue weighted by Crippen LogP contribution is -2.11. The summed E-state index contributed by atoms with van der Waals surface area (Å²) in [7, 11) is 1.48. The molecule has 0 amide bonds. The van der Waals surface area contributed by atoms with E-state index in [1.165, 1.54) is 23.9 Å². The number of halogens is 3. The standard InChI is InChI=1S/C22H14Cl2FN3O5/c1-32-14-5-6-20-16(8-14)21(33-22(29)15-9-19(25)18(24)10-17(15)23)26-27(20)11-12-3-2-4-13(7-12)28(30)31/h2-10H,11H2,1H3. The van der Waals surface area contributed by atoms with Crippen LogP contribution >= 0.6 is 23.2 Å². The van der Waals surface area contributed by atoms with Crippen LogP contribution in [0.4, 0.5) is 10.1 Å². The van der Waals surface area contributed by atoms with Gasteiger partial charge in [-0.3, -0.25) is 14.8 Å². The molecule has 11 heteroatoms. The molecule has 4 aromatic rings. The molecular formula is C22H14Cl2FN3O5. The number of hydrogen-bond acceptors (Lipinski definition) is 6. The number of nitro benzene ring substituents is 1. The zero-order valence-electron chi connectivity index (χ0n) is 16.9. The first-order valence-electron chi connectivity index (χ1n) is 9.41. The zero-order valence-corrected chi connectivity index (χ0v) is 18.4. The summed E-state index contributed by atoms with van der Waals surface area (Å²) >= 11 is 11.7. The van der Waals surface area contributed by atoms with Crippen molar-refractivity contribution in [3.63, 3.8) is 0 Å². The van der Waals surface area contributed by atoms with E-state index in [0.29, 0.717) is 22.2 Å². The molecule has 0 atom stereocenters. The van der Waals surface area contributed by atoms with Crippen LogP contribution in [0.3, 0.4) is 0 Å². The van der Waals surface area contributed by atoms with Crippen LogP contribution in [0.2, 0.25) is 10.0 Å². The molecule has 0 N–H and O–H groups in total. The van der Waals surface area contributed by atoms with Gasteiger partial charge in [0.25, 0.3) is 5.69 Å². The topological polar surface area (TPSA) is 96.5 Å². The molecular weight excluding hydrogens is 476 g/mol.